The summed E-state index contributed by atoms with van der Waals surface area (Å²) < 4.78 is 0. The Morgan fingerprint density at radius 1 is 1.07 bits per heavy atom. The average Bonchev–Trinajstić information content (AvgIpc) is 3.08. The maximum Gasteiger partial charge on any atom is 0.254 e. The fraction of sp³-hybridized carbons (Fsp3) is 0.524. The third-order valence-electron chi connectivity index (χ3n) is 5.44. The van der Waals surface area contributed by atoms with Crippen LogP contribution in [-0.2, 0) is 14.4 Å². The van der Waals surface area contributed by atoms with Crippen molar-refractivity contribution in [1.29, 1.82) is 0 Å². The normalized spacial score (nSPS) is 19.7. The molecule has 8 heteroatoms. The molecule has 1 aromatic carbocycles. The largest absolute Gasteiger partial charge is 0.339 e. The van der Waals surface area contributed by atoms with Crippen molar-refractivity contribution in [3.8, 4) is 0 Å². The third kappa shape index (κ3) is 4.75. The van der Waals surface area contributed by atoms with Gasteiger partial charge in [0.1, 0.15) is 0 Å². The van der Waals surface area contributed by atoms with E-state index < -0.39 is 0 Å². The summed E-state index contributed by atoms with van der Waals surface area (Å²) in [5.41, 5.74) is 1.09. The van der Waals surface area contributed by atoms with Gasteiger partial charge in [0.15, 0.2) is 0 Å². The number of benzene rings is 1. The van der Waals surface area contributed by atoms with Crippen LogP contribution in [0.3, 0.4) is 0 Å². The monoisotopic (exact) mass is 400 g/mol. The fourth-order valence-electron chi connectivity index (χ4n) is 3.90. The van der Waals surface area contributed by atoms with E-state index in [9.17, 15) is 19.2 Å². The highest BCUT2D eigenvalue weighted by atomic mass is 16.2. The number of rotatable bonds is 4. The van der Waals surface area contributed by atoms with Crippen LogP contribution < -0.4 is 5.32 Å². The van der Waals surface area contributed by atoms with Gasteiger partial charge in [-0.2, -0.15) is 0 Å². The summed E-state index contributed by atoms with van der Waals surface area (Å²) >= 11 is 0. The quantitative estimate of drug-likeness (QED) is 0.822. The van der Waals surface area contributed by atoms with Gasteiger partial charge >= 0.3 is 0 Å². The van der Waals surface area contributed by atoms with Crippen LogP contribution in [0.15, 0.2) is 24.3 Å². The van der Waals surface area contributed by atoms with E-state index in [0.29, 0.717) is 44.0 Å². The topological polar surface area (TPSA) is 90.0 Å². The van der Waals surface area contributed by atoms with E-state index in [1.165, 1.54) is 6.92 Å². The van der Waals surface area contributed by atoms with Crippen molar-refractivity contribution in [2.45, 2.75) is 33.2 Å². The summed E-state index contributed by atoms with van der Waals surface area (Å²) in [5, 5.41) is 2.68. The lowest BCUT2D eigenvalue weighted by molar-refractivity contribution is -0.137. The van der Waals surface area contributed by atoms with E-state index in [0.717, 1.165) is 0 Å². The zero-order chi connectivity index (χ0) is 21.1. The first-order chi connectivity index (χ1) is 13.8. The number of nitrogens with one attached hydrogen (secondary N) is 1. The first kappa shape index (κ1) is 20.8. The molecule has 1 aromatic rings. The van der Waals surface area contributed by atoms with E-state index >= 15 is 0 Å². The first-order valence-electron chi connectivity index (χ1n) is 10.0. The molecule has 0 radical (unpaired) electrons. The van der Waals surface area contributed by atoms with Crippen LogP contribution in [0.4, 0.5) is 5.69 Å². The summed E-state index contributed by atoms with van der Waals surface area (Å²) in [7, 11) is 0. The number of piperazine rings is 1. The predicted molar refractivity (Wildman–Crippen MR) is 108 cm³/mol. The number of anilines is 1. The number of amides is 4. The highest BCUT2D eigenvalue weighted by molar-refractivity contribution is 5.97. The van der Waals surface area contributed by atoms with Gasteiger partial charge in [0.25, 0.3) is 5.91 Å². The molecule has 2 aliphatic heterocycles. The van der Waals surface area contributed by atoms with E-state index in [4.69, 9.17) is 0 Å². The second kappa shape index (κ2) is 8.63. The summed E-state index contributed by atoms with van der Waals surface area (Å²) in [6.45, 7) is 7.62. The lowest BCUT2D eigenvalue weighted by atomic mass is 10.1. The first-order valence-corrected chi connectivity index (χ1v) is 10.0. The van der Waals surface area contributed by atoms with E-state index in [2.05, 4.69) is 5.32 Å². The molecule has 2 fully saturated rings. The summed E-state index contributed by atoms with van der Waals surface area (Å²) in [4.78, 5) is 54.1. The van der Waals surface area contributed by atoms with Gasteiger partial charge in [-0.1, -0.05) is 6.07 Å². The highest BCUT2D eigenvalue weighted by Crippen LogP contribution is 2.23. The molecule has 29 heavy (non-hydrogen) atoms. The van der Waals surface area contributed by atoms with Crippen LogP contribution in [0.5, 0.6) is 0 Å². The zero-order valence-electron chi connectivity index (χ0n) is 17.2. The van der Waals surface area contributed by atoms with E-state index in [-0.39, 0.29) is 42.0 Å². The SMILES string of the molecule is CC(=O)Nc1cccc(C(=O)N2CCN(C(=O)C3CC(=O)N(C(C)C)C3)CC2)c1. The molecule has 1 N–H and O–H groups in total. The average molecular weight is 400 g/mol. The summed E-state index contributed by atoms with van der Waals surface area (Å²) in [5.74, 6) is -0.566. The Bertz CT molecular complexity index is 815. The lowest BCUT2D eigenvalue weighted by Gasteiger charge is -2.36. The van der Waals surface area contributed by atoms with Crippen molar-refractivity contribution in [3.63, 3.8) is 0 Å². The van der Waals surface area contributed by atoms with Crippen molar-refractivity contribution in [3.05, 3.63) is 29.8 Å². The van der Waals surface area contributed by atoms with Crippen LogP contribution in [0.2, 0.25) is 0 Å². The molecule has 0 aromatic heterocycles. The fourth-order valence-corrected chi connectivity index (χ4v) is 3.90. The maximum atomic E-state index is 12.8. The molecule has 1 atom stereocenters. The molecule has 1 unspecified atom stereocenters. The number of carbonyl (C=O) groups excluding carboxylic acids is 4. The lowest BCUT2D eigenvalue weighted by Crippen LogP contribution is -2.52. The van der Waals surface area contributed by atoms with Crippen LogP contribution in [0.1, 0.15) is 37.6 Å². The van der Waals surface area contributed by atoms with Gasteiger partial charge in [-0.3, -0.25) is 19.2 Å². The number of carbonyl (C=O) groups is 4. The van der Waals surface area contributed by atoms with Crippen LogP contribution >= 0.6 is 0 Å². The second-order valence-corrected chi connectivity index (χ2v) is 7.92. The Balaban J connectivity index is 1.56. The zero-order valence-corrected chi connectivity index (χ0v) is 17.2. The van der Waals surface area contributed by atoms with E-state index in [1.54, 1.807) is 39.0 Å². The minimum Gasteiger partial charge on any atom is -0.339 e. The molecule has 156 valence electrons. The Kier molecular flexibility index (Phi) is 6.20. The van der Waals surface area contributed by atoms with Crippen LogP contribution in [-0.4, -0.2) is 77.1 Å². The Morgan fingerprint density at radius 2 is 1.72 bits per heavy atom. The van der Waals surface area contributed by atoms with E-state index in [1.807, 2.05) is 13.8 Å². The minimum atomic E-state index is -0.290. The minimum absolute atomic E-state index is 0.00116. The Hall–Kier alpha value is -2.90. The number of hydrogen-bond acceptors (Lipinski definition) is 4. The molecule has 2 saturated heterocycles. The number of likely N-dealkylation sites (tertiary alicyclic amines) is 1. The predicted octanol–water partition coefficient (Wildman–Crippen LogP) is 1.19. The molecular formula is C21H28N4O4. The maximum absolute atomic E-state index is 12.8. The third-order valence-corrected chi connectivity index (χ3v) is 5.44. The molecule has 0 bridgehead atoms. The van der Waals surface area contributed by atoms with Gasteiger partial charge < -0.3 is 20.0 Å². The Labute approximate surface area is 170 Å². The van der Waals surface area contributed by atoms with Gasteiger partial charge in [-0.25, -0.2) is 0 Å². The molecule has 4 amide bonds. The van der Waals surface area contributed by atoms with Gasteiger partial charge in [0, 0.05) is 63.4 Å². The van der Waals surface area contributed by atoms with Crippen LogP contribution in [0.25, 0.3) is 0 Å². The van der Waals surface area contributed by atoms with Crippen molar-refractivity contribution in [1.82, 2.24) is 14.7 Å². The standard InChI is InChI=1S/C21H28N4O4/c1-14(2)25-13-17(12-19(25)27)21(29)24-9-7-23(8-10-24)20(28)16-5-4-6-18(11-16)22-15(3)26/h4-6,11,14,17H,7-10,12-13H2,1-3H3,(H,22,26). The molecule has 2 aliphatic rings. The summed E-state index contributed by atoms with van der Waals surface area (Å²) in [6, 6.07) is 6.94. The number of hydrogen-bond donors (Lipinski definition) is 1. The van der Waals surface area contributed by atoms with Crippen molar-refractivity contribution >= 4 is 29.3 Å². The van der Waals surface area contributed by atoms with Crippen molar-refractivity contribution in [2.24, 2.45) is 5.92 Å². The number of nitrogens with zero attached hydrogens (tertiary/aromatic N) is 3. The summed E-state index contributed by atoms with van der Waals surface area (Å²) in [6.07, 6.45) is 0.270. The molecule has 8 nitrogen and oxygen atoms in total. The second-order valence-electron chi connectivity index (χ2n) is 7.92. The van der Waals surface area contributed by atoms with Gasteiger partial charge in [0.05, 0.1) is 5.92 Å². The molecular weight excluding hydrogens is 372 g/mol. The molecule has 3 rings (SSSR count). The van der Waals surface area contributed by atoms with Crippen molar-refractivity contribution in [2.75, 3.05) is 38.0 Å². The highest BCUT2D eigenvalue weighted by Gasteiger charge is 2.38. The molecule has 0 aliphatic carbocycles. The smallest absolute Gasteiger partial charge is 0.254 e. The Morgan fingerprint density at radius 3 is 2.31 bits per heavy atom. The molecule has 0 saturated carbocycles. The molecule has 2 heterocycles. The van der Waals surface area contributed by atoms with Gasteiger partial charge in [-0.05, 0) is 32.0 Å². The van der Waals surface area contributed by atoms with Crippen LogP contribution in [0, 0.1) is 5.92 Å². The van der Waals surface area contributed by atoms with Gasteiger partial charge in [-0.15, -0.1) is 0 Å². The molecule has 0 spiro atoms. The van der Waals surface area contributed by atoms with Crippen molar-refractivity contribution < 1.29 is 19.2 Å². The van der Waals surface area contributed by atoms with Gasteiger partial charge in [0.2, 0.25) is 17.7 Å².